The summed E-state index contributed by atoms with van der Waals surface area (Å²) in [7, 11) is 0. The maximum Gasteiger partial charge on any atom is 0.0525 e. The minimum absolute atomic E-state index is 1.17. The molecule has 0 heterocycles. The second kappa shape index (κ2) is 19.3. The summed E-state index contributed by atoms with van der Waals surface area (Å²) in [5, 5.41) is 0. The Morgan fingerprint density at radius 2 is 0.324 bits per heavy atom. The second-order valence-electron chi connectivity index (χ2n) is 20.1. The van der Waals surface area contributed by atoms with Gasteiger partial charge in [-0.1, -0.05) is 72.8 Å². The monoisotopic (exact) mass is 897 g/mol. The second-order valence-corrected chi connectivity index (χ2v) is 20.1. The van der Waals surface area contributed by atoms with Crippen molar-refractivity contribution in [3.8, 4) is 0 Å². The fourth-order valence-electron chi connectivity index (χ4n) is 10.6. The lowest BCUT2D eigenvalue weighted by molar-refractivity contribution is 1.09. The van der Waals surface area contributed by atoms with Crippen LogP contribution in [-0.4, -0.2) is 0 Å². The molecule has 0 fully saturated rings. The zero-order valence-electron chi connectivity index (χ0n) is 45.1. The molecule has 0 saturated heterocycles. The summed E-state index contributed by atoms with van der Waals surface area (Å²) in [6.45, 7) is 45.6. The van der Waals surface area contributed by atoms with Gasteiger partial charge < -0.3 is 9.80 Å². The summed E-state index contributed by atoms with van der Waals surface area (Å²) in [4.78, 5) is 5.08. The summed E-state index contributed by atoms with van der Waals surface area (Å²) in [5.41, 5.74) is 39.4. The molecule has 0 amide bonds. The molecule has 7 aromatic carbocycles. The Kier molecular flexibility index (Phi) is 14.1. The van der Waals surface area contributed by atoms with Gasteiger partial charge in [0.05, 0.1) is 22.7 Å². The lowest BCUT2D eigenvalue weighted by Gasteiger charge is -2.35. The van der Waals surface area contributed by atoms with E-state index >= 15 is 0 Å². The van der Waals surface area contributed by atoms with E-state index < -0.39 is 0 Å². The van der Waals surface area contributed by atoms with Gasteiger partial charge in [-0.15, -0.1) is 0 Å². The number of hydrogen-bond acceptors (Lipinski definition) is 2. The highest BCUT2D eigenvalue weighted by Gasteiger charge is 2.27. The molecule has 0 bridgehead atoms. The molecule has 0 atom stereocenters. The van der Waals surface area contributed by atoms with Crippen LogP contribution in [0.25, 0.3) is 24.3 Å². The fraction of sp³-hybridized carbons (Fsp3) is 0.303. The third-order valence-electron chi connectivity index (χ3n) is 16.9. The Morgan fingerprint density at radius 1 is 0.191 bits per heavy atom. The molecule has 0 aromatic heterocycles. The molecule has 0 radical (unpaired) electrons. The van der Waals surface area contributed by atoms with E-state index in [-0.39, 0.29) is 0 Å². The minimum atomic E-state index is 1.17. The van der Waals surface area contributed by atoms with Crippen molar-refractivity contribution in [2.24, 2.45) is 0 Å². The lowest BCUT2D eigenvalue weighted by atomic mass is 9.89. The first kappa shape index (κ1) is 49.5. The predicted octanol–water partition coefficient (Wildman–Crippen LogP) is 19.1. The first-order chi connectivity index (χ1) is 32.1. The van der Waals surface area contributed by atoms with Crippen LogP contribution < -0.4 is 9.80 Å². The Bertz CT molecular complexity index is 2700. The molecule has 0 aliphatic rings. The van der Waals surface area contributed by atoms with Gasteiger partial charge in [0.2, 0.25) is 0 Å². The molecule has 68 heavy (non-hydrogen) atoms. The SMILES string of the molecule is Cc1c(C)c(C)c(N(c2ccc(C=Cc3ccc(C=Cc4ccc(N(c5c(C)c(C)c(C)c(C)c5C)c5c(C)c(C)c(C)c(C)c5C)cc4)cc3)cc2)c2c(C)c(C)c(C)c(C)c2C)c(C)c1C. The van der Waals surface area contributed by atoms with Crippen LogP contribution in [0.2, 0.25) is 0 Å². The summed E-state index contributed by atoms with van der Waals surface area (Å²) in [6.07, 6.45) is 8.88. The number of anilines is 6. The van der Waals surface area contributed by atoms with E-state index in [9.17, 15) is 0 Å². The van der Waals surface area contributed by atoms with Crippen LogP contribution in [-0.2, 0) is 0 Å². The molecule has 7 rings (SSSR count). The van der Waals surface area contributed by atoms with Gasteiger partial charge in [-0.3, -0.25) is 0 Å². The zero-order chi connectivity index (χ0) is 49.8. The molecule has 7 aromatic rings. The topological polar surface area (TPSA) is 6.48 Å². The Labute approximate surface area is 411 Å². The van der Waals surface area contributed by atoms with Gasteiger partial charge in [-0.05, 0) is 296 Å². The molecule has 0 N–H and O–H groups in total. The highest BCUT2D eigenvalue weighted by molar-refractivity contribution is 5.89. The smallest absolute Gasteiger partial charge is 0.0525 e. The third kappa shape index (κ3) is 8.68. The third-order valence-corrected chi connectivity index (χ3v) is 16.9. The van der Waals surface area contributed by atoms with Crippen LogP contribution in [0, 0.1) is 138 Å². The van der Waals surface area contributed by atoms with Crippen molar-refractivity contribution >= 4 is 58.4 Å². The lowest BCUT2D eigenvalue weighted by Crippen LogP contribution is -2.18. The van der Waals surface area contributed by atoms with E-state index in [4.69, 9.17) is 0 Å². The van der Waals surface area contributed by atoms with E-state index in [1.54, 1.807) is 0 Å². The van der Waals surface area contributed by atoms with E-state index in [2.05, 4.69) is 245 Å². The number of hydrogen-bond donors (Lipinski definition) is 0. The first-order valence-electron chi connectivity index (χ1n) is 24.6. The van der Waals surface area contributed by atoms with Crippen molar-refractivity contribution in [3.63, 3.8) is 0 Å². The summed E-state index contributed by atoms with van der Waals surface area (Å²) in [6, 6.07) is 27.0. The average Bonchev–Trinajstić information content (AvgIpc) is 3.34. The Morgan fingerprint density at radius 3 is 0.485 bits per heavy atom. The molecule has 0 aliphatic heterocycles. The van der Waals surface area contributed by atoms with Gasteiger partial charge in [-0.25, -0.2) is 0 Å². The van der Waals surface area contributed by atoms with Crippen molar-refractivity contribution in [2.75, 3.05) is 9.80 Å². The van der Waals surface area contributed by atoms with Gasteiger partial charge in [0, 0.05) is 11.4 Å². The van der Waals surface area contributed by atoms with Gasteiger partial charge in [-0.2, -0.15) is 0 Å². The molecule has 2 nitrogen and oxygen atoms in total. The standard InChI is InChI=1S/C66H76N2/c1-37-41(5)49(13)63(50(14)42(37)6)67(64-51(15)43(7)38(2)44(8)52(64)16)61-33-29-59(30-34-61)27-25-57-21-23-58(24-22-57)26-28-60-31-35-62(36-32-60)68(65-53(17)45(9)39(3)46(10)54(65)18)66-55(19)47(11)40(4)48(12)56(66)20/h21-36H,1-20H3. The number of benzene rings is 7. The van der Waals surface area contributed by atoms with Crippen LogP contribution in [0.3, 0.4) is 0 Å². The van der Waals surface area contributed by atoms with Gasteiger partial charge in [0.1, 0.15) is 0 Å². The molecule has 0 aliphatic carbocycles. The van der Waals surface area contributed by atoms with Crippen molar-refractivity contribution in [1.82, 2.24) is 0 Å². The molecule has 0 spiro atoms. The largest absolute Gasteiger partial charge is 0.309 e. The number of nitrogens with zero attached hydrogens (tertiary/aromatic N) is 2. The van der Waals surface area contributed by atoms with E-state index in [0.29, 0.717) is 0 Å². The normalized spacial score (nSPS) is 11.7. The highest BCUT2D eigenvalue weighted by atomic mass is 15.2. The fourth-order valence-corrected chi connectivity index (χ4v) is 10.6. The predicted molar refractivity (Wildman–Crippen MR) is 301 cm³/mol. The molecule has 350 valence electrons. The van der Waals surface area contributed by atoms with Crippen molar-refractivity contribution in [1.29, 1.82) is 0 Å². The molecule has 0 unspecified atom stereocenters. The summed E-state index contributed by atoms with van der Waals surface area (Å²) < 4.78 is 0. The number of rotatable bonds is 10. The molecule has 2 heteroatoms. The van der Waals surface area contributed by atoms with E-state index in [1.165, 1.54) is 168 Å². The quantitative estimate of drug-likeness (QED) is 0.126. The molecular formula is C66H76N2. The van der Waals surface area contributed by atoms with Crippen molar-refractivity contribution in [2.45, 2.75) is 138 Å². The van der Waals surface area contributed by atoms with E-state index in [1.807, 2.05) is 0 Å². The van der Waals surface area contributed by atoms with Crippen LogP contribution in [0.15, 0.2) is 72.8 Å². The Balaban J connectivity index is 1.15. The first-order valence-corrected chi connectivity index (χ1v) is 24.6. The Hall–Kier alpha value is -6.38. The average molecular weight is 897 g/mol. The maximum absolute atomic E-state index is 2.54. The van der Waals surface area contributed by atoms with Gasteiger partial charge in [0.15, 0.2) is 0 Å². The zero-order valence-corrected chi connectivity index (χ0v) is 45.1. The van der Waals surface area contributed by atoms with Crippen molar-refractivity contribution < 1.29 is 0 Å². The van der Waals surface area contributed by atoms with Crippen molar-refractivity contribution in [3.05, 3.63) is 206 Å². The van der Waals surface area contributed by atoms with Crippen LogP contribution in [0.4, 0.5) is 34.1 Å². The van der Waals surface area contributed by atoms with Crippen LogP contribution in [0.1, 0.15) is 134 Å². The molecular weight excluding hydrogens is 821 g/mol. The highest BCUT2D eigenvalue weighted by Crippen LogP contribution is 2.48. The molecule has 0 saturated carbocycles. The van der Waals surface area contributed by atoms with E-state index in [0.717, 1.165) is 0 Å². The summed E-state index contributed by atoms with van der Waals surface area (Å²) in [5.74, 6) is 0. The summed E-state index contributed by atoms with van der Waals surface area (Å²) >= 11 is 0. The van der Waals surface area contributed by atoms with Gasteiger partial charge in [0.25, 0.3) is 0 Å². The van der Waals surface area contributed by atoms with Crippen LogP contribution >= 0.6 is 0 Å². The van der Waals surface area contributed by atoms with Crippen LogP contribution in [0.5, 0.6) is 0 Å². The maximum atomic E-state index is 2.54. The van der Waals surface area contributed by atoms with Gasteiger partial charge >= 0.3 is 0 Å². The minimum Gasteiger partial charge on any atom is -0.309 e.